The molecule has 0 bridgehead atoms. The summed E-state index contributed by atoms with van der Waals surface area (Å²) in [7, 11) is 0. The summed E-state index contributed by atoms with van der Waals surface area (Å²) in [5.74, 6) is 1.44. The largest absolute Gasteiger partial charge is 0.354 e. The third kappa shape index (κ3) is 4.14. The Morgan fingerprint density at radius 3 is 2.72 bits per heavy atom. The number of rotatable bonds is 7. The third-order valence-electron chi connectivity index (χ3n) is 4.86. The molecular formula is C21H22Cl2N6. The molecule has 150 valence electrons. The van der Waals surface area contributed by atoms with Gasteiger partial charge >= 0.3 is 0 Å². The SMILES string of the molecule is CCCCCCNc1nnc2n1-c1ccc(Cl)nc1C(c1ccccc1Cl)=NC2. The minimum Gasteiger partial charge on any atom is -0.354 e. The van der Waals surface area contributed by atoms with Crippen molar-refractivity contribution in [1.29, 1.82) is 0 Å². The van der Waals surface area contributed by atoms with E-state index < -0.39 is 0 Å². The molecule has 0 fully saturated rings. The van der Waals surface area contributed by atoms with Crippen LogP contribution in [-0.4, -0.2) is 32.0 Å². The molecule has 4 rings (SSSR count). The highest BCUT2D eigenvalue weighted by atomic mass is 35.5. The smallest absolute Gasteiger partial charge is 0.229 e. The maximum absolute atomic E-state index is 6.46. The molecule has 8 heteroatoms. The molecule has 3 heterocycles. The molecule has 3 aromatic rings. The summed E-state index contributed by atoms with van der Waals surface area (Å²) in [6.07, 6.45) is 4.73. The summed E-state index contributed by atoms with van der Waals surface area (Å²) in [5.41, 5.74) is 3.02. The average molecular weight is 429 g/mol. The Morgan fingerprint density at radius 2 is 1.90 bits per heavy atom. The Morgan fingerprint density at radius 1 is 1.03 bits per heavy atom. The number of hydrogen-bond donors (Lipinski definition) is 1. The molecule has 0 atom stereocenters. The van der Waals surface area contributed by atoms with Gasteiger partial charge in [-0.25, -0.2) is 4.98 Å². The van der Waals surface area contributed by atoms with Crippen molar-refractivity contribution in [1.82, 2.24) is 19.7 Å². The van der Waals surface area contributed by atoms with Crippen molar-refractivity contribution in [2.45, 2.75) is 39.2 Å². The molecule has 6 nitrogen and oxygen atoms in total. The Bertz CT molecular complexity index is 1040. The van der Waals surface area contributed by atoms with Crippen molar-refractivity contribution in [2.24, 2.45) is 4.99 Å². The van der Waals surface area contributed by atoms with E-state index in [9.17, 15) is 0 Å². The number of pyridine rings is 1. The van der Waals surface area contributed by atoms with E-state index in [-0.39, 0.29) is 0 Å². The maximum atomic E-state index is 6.46. The Hall–Kier alpha value is -2.44. The van der Waals surface area contributed by atoms with Gasteiger partial charge in [-0.1, -0.05) is 67.6 Å². The van der Waals surface area contributed by atoms with Gasteiger partial charge in [0.1, 0.15) is 17.4 Å². The second-order valence-electron chi connectivity index (χ2n) is 6.91. The summed E-state index contributed by atoms with van der Waals surface area (Å²) < 4.78 is 1.98. The fourth-order valence-corrected chi connectivity index (χ4v) is 3.78. The van der Waals surface area contributed by atoms with Gasteiger partial charge in [0.05, 0.1) is 16.4 Å². The number of hydrogen-bond acceptors (Lipinski definition) is 5. The van der Waals surface area contributed by atoms with Gasteiger partial charge in [0.2, 0.25) is 5.95 Å². The molecule has 2 aromatic heterocycles. The van der Waals surface area contributed by atoms with Crippen LogP contribution in [0.1, 0.15) is 49.7 Å². The lowest BCUT2D eigenvalue weighted by atomic mass is 10.1. The highest BCUT2D eigenvalue weighted by Gasteiger charge is 2.25. The van der Waals surface area contributed by atoms with Crippen LogP contribution >= 0.6 is 23.2 Å². The lowest BCUT2D eigenvalue weighted by Crippen LogP contribution is -2.13. The fraction of sp³-hybridized carbons (Fsp3) is 0.333. The quantitative estimate of drug-likeness (QED) is 0.408. The summed E-state index contributed by atoms with van der Waals surface area (Å²) >= 11 is 12.7. The molecule has 29 heavy (non-hydrogen) atoms. The first-order chi connectivity index (χ1) is 14.2. The molecule has 1 N–H and O–H groups in total. The van der Waals surface area contributed by atoms with Gasteiger partial charge in [-0.05, 0) is 24.6 Å². The molecule has 0 saturated carbocycles. The zero-order chi connectivity index (χ0) is 20.2. The average Bonchev–Trinajstić information content (AvgIpc) is 3.04. The molecule has 0 saturated heterocycles. The van der Waals surface area contributed by atoms with Crippen LogP contribution in [0.5, 0.6) is 0 Å². The number of fused-ring (bicyclic) bond motifs is 3. The van der Waals surface area contributed by atoms with E-state index in [0.29, 0.717) is 34.1 Å². The van der Waals surface area contributed by atoms with Crippen molar-refractivity contribution >= 4 is 34.9 Å². The Labute approximate surface area is 180 Å². The van der Waals surface area contributed by atoms with Crippen LogP contribution < -0.4 is 5.32 Å². The molecule has 0 amide bonds. The second-order valence-corrected chi connectivity index (χ2v) is 7.70. The summed E-state index contributed by atoms with van der Waals surface area (Å²) in [5, 5.41) is 13.1. The zero-order valence-corrected chi connectivity index (χ0v) is 17.7. The van der Waals surface area contributed by atoms with Crippen LogP contribution in [0.3, 0.4) is 0 Å². The molecule has 0 aliphatic carbocycles. The number of benzene rings is 1. The highest BCUT2D eigenvalue weighted by Crippen LogP contribution is 2.29. The number of unbranched alkanes of at least 4 members (excludes halogenated alkanes) is 3. The third-order valence-corrected chi connectivity index (χ3v) is 5.40. The first kappa shape index (κ1) is 19.9. The van der Waals surface area contributed by atoms with E-state index in [1.165, 1.54) is 19.3 Å². The first-order valence-electron chi connectivity index (χ1n) is 9.84. The van der Waals surface area contributed by atoms with Gasteiger partial charge in [-0.3, -0.25) is 9.56 Å². The normalized spacial score (nSPS) is 12.7. The van der Waals surface area contributed by atoms with Crippen molar-refractivity contribution in [3.63, 3.8) is 0 Å². The summed E-state index contributed by atoms with van der Waals surface area (Å²) in [6, 6.07) is 11.3. The van der Waals surface area contributed by atoms with Crippen molar-refractivity contribution < 1.29 is 0 Å². The minimum atomic E-state index is 0.374. The predicted molar refractivity (Wildman–Crippen MR) is 118 cm³/mol. The molecule has 1 aromatic carbocycles. The molecular weight excluding hydrogens is 407 g/mol. The number of nitrogens with zero attached hydrogens (tertiary/aromatic N) is 5. The lowest BCUT2D eigenvalue weighted by molar-refractivity contribution is 0.682. The Balaban J connectivity index is 1.73. The van der Waals surface area contributed by atoms with Gasteiger partial charge in [-0.15, -0.1) is 10.2 Å². The molecule has 0 spiro atoms. The van der Waals surface area contributed by atoms with Gasteiger partial charge in [-0.2, -0.15) is 0 Å². The number of anilines is 1. The topological polar surface area (TPSA) is 68.0 Å². The van der Waals surface area contributed by atoms with Crippen LogP contribution in [-0.2, 0) is 6.54 Å². The fourth-order valence-electron chi connectivity index (χ4n) is 3.41. The summed E-state index contributed by atoms with van der Waals surface area (Å²) in [4.78, 5) is 9.36. The van der Waals surface area contributed by atoms with Crippen molar-refractivity contribution in [3.05, 3.63) is 63.7 Å². The van der Waals surface area contributed by atoms with Gasteiger partial charge in [0.25, 0.3) is 0 Å². The number of aromatic nitrogens is 4. The monoisotopic (exact) mass is 428 g/mol. The maximum Gasteiger partial charge on any atom is 0.229 e. The Kier molecular flexibility index (Phi) is 6.11. The van der Waals surface area contributed by atoms with Gasteiger partial charge < -0.3 is 5.32 Å². The van der Waals surface area contributed by atoms with Gasteiger partial charge in [0, 0.05) is 12.1 Å². The zero-order valence-electron chi connectivity index (χ0n) is 16.2. The van der Waals surface area contributed by atoms with Crippen LogP contribution in [0.2, 0.25) is 10.2 Å². The second kappa shape index (κ2) is 8.93. The van der Waals surface area contributed by atoms with E-state index in [1.807, 2.05) is 34.9 Å². The van der Waals surface area contributed by atoms with E-state index in [4.69, 9.17) is 28.2 Å². The van der Waals surface area contributed by atoms with Gasteiger partial charge in [0.15, 0.2) is 5.82 Å². The number of aliphatic imine (C=N–C) groups is 1. The number of nitrogens with one attached hydrogen (secondary N) is 1. The van der Waals surface area contributed by atoms with Crippen LogP contribution in [0.4, 0.5) is 5.95 Å². The first-order valence-corrected chi connectivity index (χ1v) is 10.6. The number of halogens is 2. The van der Waals surface area contributed by atoms with Crippen molar-refractivity contribution in [3.8, 4) is 5.69 Å². The van der Waals surface area contributed by atoms with Crippen molar-refractivity contribution in [2.75, 3.05) is 11.9 Å². The van der Waals surface area contributed by atoms with Crippen LogP contribution in [0.15, 0.2) is 41.4 Å². The molecule has 1 aliphatic rings. The highest BCUT2D eigenvalue weighted by molar-refractivity contribution is 6.35. The summed E-state index contributed by atoms with van der Waals surface area (Å²) in [6.45, 7) is 3.42. The molecule has 0 radical (unpaired) electrons. The lowest BCUT2D eigenvalue weighted by Gasteiger charge is -2.14. The molecule has 1 aliphatic heterocycles. The van der Waals surface area contributed by atoms with Crippen LogP contribution in [0, 0.1) is 0 Å². The van der Waals surface area contributed by atoms with E-state index in [0.717, 1.165) is 30.0 Å². The minimum absolute atomic E-state index is 0.374. The predicted octanol–water partition coefficient (Wildman–Crippen LogP) is 5.31. The van der Waals surface area contributed by atoms with E-state index in [2.05, 4.69) is 27.4 Å². The van der Waals surface area contributed by atoms with Crippen LogP contribution in [0.25, 0.3) is 5.69 Å². The molecule has 0 unspecified atom stereocenters. The van der Waals surface area contributed by atoms with E-state index >= 15 is 0 Å². The standard InChI is InChI=1S/C21H22Cl2N6/c1-2-3-4-7-12-24-21-28-27-18-13-25-19(14-8-5-6-9-15(14)22)20-16(29(18)21)10-11-17(23)26-20/h5-6,8-11H,2-4,7,12-13H2,1H3,(H,24,28). The van der Waals surface area contributed by atoms with E-state index in [1.54, 1.807) is 6.07 Å².